The Kier molecular flexibility index (Phi) is 3.51. The Labute approximate surface area is 120 Å². The number of nitrogens with zero attached hydrogens (tertiary/aromatic N) is 2. The average Bonchev–Trinajstić information content (AvgIpc) is 3.14. The Morgan fingerprint density at radius 2 is 2.29 bits per heavy atom. The lowest BCUT2D eigenvalue weighted by molar-refractivity contribution is -0.117. The van der Waals surface area contributed by atoms with Gasteiger partial charge in [0.15, 0.2) is 5.58 Å². The van der Waals surface area contributed by atoms with Crippen LogP contribution < -0.4 is 5.32 Å². The van der Waals surface area contributed by atoms with Crippen LogP contribution in [0, 0.1) is 0 Å². The molecule has 0 aliphatic heterocycles. The van der Waals surface area contributed by atoms with E-state index >= 15 is 0 Å². The number of hydrogen-bond donors (Lipinski definition) is 2. The molecule has 2 aromatic heterocycles. The van der Waals surface area contributed by atoms with E-state index in [2.05, 4.69) is 20.3 Å². The molecular weight excluding hydrogens is 268 g/mol. The molecule has 0 saturated heterocycles. The molecule has 0 aliphatic carbocycles. The van der Waals surface area contributed by atoms with Gasteiger partial charge in [0.05, 0.1) is 6.04 Å². The van der Waals surface area contributed by atoms with Crippen LogP contribution in [-0.2, 0) is 4.79 Å². The number of amides is 1. The summed E-state index contributed by atoms with van der Waals surface area (Å²) < 4.78 is 5.50. The van der Waals surface area contributed by atoms with E-state index in [1.807, 2.05) is 31.2 Å². The van der Waals surface area contributed by atoms with Gasteiger partial charge in [0.25, 0.3) is 0 Å². The van der Waals surface area contributed by atoms with Crippen LogP contribution in [-0.4, -0.2) is 20.9 Å². The van der Waals surface area contributed by atoms with Crippen molar-refractivity contribution in [1.82, 2.24) is 20.3 Å². The van der Waals surface area contributed by atoms with Gasteiger partial charge in [-0.15, -0.1) is 0 Å². The number of oxazole rings is 1. The van der Waals surface area contributed by atoms with Crippen LogP contribution in [0.3, 0.4) is 0 Å². The van der Waals surface area contributed by atoms with E-state index in [-0.39, 0.29) is 11.9 Å². The number of carbonyl (C=O) groups is 1. The largest absolute Gasteiger partial charge is 0.437 e. The van der Waals surface area contributed by atoms with Crippen molar-refractivity contribution in [1.29, 1.82) is 0 Å². The van der Waals surface area contributed by atoms with Gasteiger partial charge in [-0.2, -0.15) is 0 Å². The zero-order valence-corrected chi connectivity index (χ0v) is 11.4. The lowest BCUT2D eigenvalue weighted by Crippen LogP contribution is -2.25. The second kappa shape index (κ2) is 5.62. The van der Waals surface area contributed by atoms with Crippen LogP contribution in [0.25, 0.3) is 17.2 Å². The smallest absolute Gasteiger partial charge is 0.244 e. The number of nitrogens with one attached hydrogen (secondary N) is 2. The first-order valence-corrected chi connectivity index (χ1v) is 6.56. The summed E-state index contributed by atoms with van der Waals surface area (Å²) in [5.41, 5.74) is 1.46. The molecule has 1 aromatic carbocycles. The average molecular weight is 282 g/mol. The van der Waals surface area contributed by atoms with E-state index in [1.54, 1.807) is 18.5 Å². The maximum Gasteiger partial charge on any atom is 0.244 e. The molecular formula is C15H14N4O2. The maximum atomic E-state index is 11.8. The Bertz CT molecular complexity index is 741. The van der Waals surface area contributed by atoms with Crippen LogP contribution in [0.15, 0.2) is 47.2 Å². The van der Waals surface area contributed by atoms with Gasteiger partial charge in [0.1, 0.15) is 11.3 Å². The van der Waals surface area contributed by atoms with Gasteiger partial charge >= 0.3 is 0 Å². The summed E-state index contributed by atoms with van der Waals surface area (Å²) in [6.07, 6.45) is 6.30. The highest BCUT2D eigenvalue weighted by molar-refractivity contribution is 5.91. The first-order chi connectivity index (χ1) is 10.2. The number of rotatable bonds is 4. The number of para-hydroxylation sites is 2. The first-order valence-electron chi connectivity index (χ1n) is 6.56. The van der Waals surface area contributed by atoms with Crippen molar-refractivity contribution in [3.8, 4) is 0 Å². The van der Waals surface area contributed by atoms with Crippen molar-refractivity contribution in [2.24, 2.45) is 0 Å². The number of hydrogen-bond acceptors (Lipinski definition) is 4. The van der Waals surface area contributed by atoms with Crippen molar-refractivity contribution in [2.75, 3.05) is 0 Å². The lowest BCUT2D eigenvalue weighted by atomic mass is 10.3. The molecule has 6 nitrogen and oxygen atoms in total. The SMILES string of the molecule is CC(NC(=O)/C=C/c1nc2ccccc2o1)c1ncc[nH]1. The lowest BCUT2D eigenvalue weighted by Gasteiger charge is -2.08. The van der Waals surface area contributed by atoms with Gasteiger partial charge in [-0.05, 0) is 19.1 Å². The third kappa shape index (κ3) is 3.00. The van der Waals surface area contributed by atoms with Gasteiger partial charge in [-0.3, -0.25) is 4.79 Å². The Balaban J connectivity index is 1.66. The minimum absolute atomic E-state index is 0.194. The molecule has 3 aromatic rings. The van der Waals surface area contributed by atoms with E-state index in [1.165, 1.54) is 6.08 Å². The van der Waals surface area contributed by atoms with Gasteiger partial charge in [-0.25, -0.2) is 9.97 Å². The third-order valence-corrected chi connectivity index (χ3v) is 2.98. The maximum absolute atomic E-state index is 11.8. The minimum Gasteiger partial charge on any atom is -0.437 e. The Morgan fingerprint density at radius 3 is 3.05 bits per heavy atom. The van der Waals surface area contributed by atoms with Crippen LogP contribution in [0.1, 0.15) is 24.7 Å². The van der Waals surface area contributed by atoms with E-state index in [4.69, 9.17) is 4.42 Å². The molecule has 0 fully saturated rings. The topological polar surface area (TPSA) is 83.8 Å². The number of benzene rings is 1. The number of H-pyrrole nitrogens is 1. The molecule has 0 aliphatic rings. The number of aromatic amines is 1. The molecule has 1 amide bonds. The second-order valence-electron chi connectivity index (χ2n) is 4.56. The van der Waals surface area contributed by atoms with Gasteiger partial charge < -0.3 is 14.7 Å². The Hall–Kier alpha value is -2.89. The summed E-state index contributed by atoms with van der Waals surface area (Å²) in [5.74, 6) is 0.872. The summed E-state index contributed by atoms with van der Waals surface area (Å²) in [6, 6.07) is 7.25. The molecule has 0 saturated carbocycles. The number of imidazole rings is 1. The predicted molar refractivity (Wildman–Crippen MR) is 78.2 cm³/mol. The number of aromatic nitrogens is 3. The van der Waals surface area contributed by atoms with Crippen LogP contribution in [0.4, 0.5) is 0 Å². The zero-order valence-electron chi connectivity index (χ0n) is 11.4. The molecule has 21 heavy (non-hydrogen) atoms. The number of fused-ring (bicyclic) bond motifs is 1. The molecule has 2 heterocycles. The molecule has 1 unspecified atom stereocenters. The van der Waals surface area contributed by atoms with Crippen molar-refractivity contribution in [3.63, 3.8) is 0 Å². The van der Waals surface area contributed by atoms with E-state index in [0.717, 1.165) is 5.52 Å². The third-order valence-electron chi connectivity index (χ3n) is 2.98. The fraction of sp³-hybridized carbons (Fsp3) is 0.133. The van der Waals surface area contributed by atoms with Crippen LogP contribution >= 0.6 is 0 Å². The van der Waals surface area contributed by atoms with Crippen molar-refractivity contribution >= 4 is 23.1 Å². The molecule has 2 N–H and O–H groups in total. The fourth-order valence-electron chi connectivity index (χ4n) is 1.95. The zero-order chi connectivity index (χ0) is 14.7. The van der Waals surface area contributed by atoms with Gasteiger partial charge in [-0.1, -0.05) is 12.1 Å². The Morgan fingerprint density at radius 1 is 1.43 bits per heavy atom. The molecule has 1 atom stereocenters. The van der Waals surface area contributed by atoms with Crippen molar-refractivity contribution in [2.45, 2.75) is 13.0 Å². The number of carbonyl (C=O) groups excluding carboxylic acids is 1. The summed E-state index contributed by atoms with van der Waals surface area (Å²) in [4.78, 5) is 23.1. The quantitative estimate of drug-likeness (QED) is 0.720. The van der Waals surface area contributed by atoms with Crippen LogP contribution in [0.5, 0.6) is 0 Å². The van der Waals surface area contributed by atoms with Gasteiger partial charge in [0, 0.05) is 24.5 Å². The van der Waals surface area contributed by atoms with E-state index in [0.29, 0.717) is 17.3 Å². The first kappa shape index (κ1) is 13.1. The monoisotopic (exact) mass is 282 g/mol. The summed E-state index contributed by atoms with van der Waals surface area (Å²) in [7, 11) is 0. The van der Waals surface area contributed by atoms with Crippen molar-refractivity contribution in [3.05, 3.63) is 54.5 Å². The minimum atomic E-state index is -0.235. The highest BCUT2D eigenvalue weighted by Crippen LogP contribution is 2.15. The molecule has 6 heteroatoms. The normalized spacial score (nSPS) is 12.8. The highest BCUT2D eigenvalue weighted by Gasteiger charge is 2.09. The molecule has 0 spiro atoms. The van der Waals surface area contributed by atoms with E-state index < -0.39 is 0 Å². The summed E-state index contributed by atoms with van der Waals surface area (Å²) >= 11 is 0. The summed E-state index contributed by atoms with van der Waals surface area (Å²) in [5, 5.41) is 2.80. The van der Waals surface area contributed by atoms with Crippen LogP contribution in [0.2, 0.25) is 0 Å². The van der Waals surface area contributed by atoms with E-state index in [9.17, 15) is 4.79 Å². The van der Waals surface area contributed by atoms with Gasteiger partial charge in [0.2, 0.25) is 11.8 Å². The molecule has 0 radical (unpaired) electrons. The fourth-order valence-corrected chi connectivity index (χ4v) is 1.95. The summed E-state index contributed by atoms with van der Waals surface area (Å²) in [6.45, 7) is 1.85. The molecule has 0 bridgehead atoms. The molecule has 106 valence electrons. The standard InChI is InChI=1S/C15H14N4O2/c1-10(15-16-8-9-17-15)18-13(20)6-7-14-19-11-4-2-3-5-12(11)21-14/h2-10H,1H3,(H,16,17)(H,18,20)/b7-6+. The highest BCUT2D eigenvalue weighted by atomic mass is 16.3. The second-order valence-corrected chi connectivity index (χ2v) is 4.56. The predicted octanol–water partition coefficient (Wildman–Crippen LogP) is 2.44. The molecule has 3 rings (SSSR count). The van der Waals surface area contributed by atoms with Crippen molar-refractivity contribution < 1.29 is 9.21 Å².